The molecule has 1 aliphatic carbocycles. The quantitative estimate of drug-likeness (QED) is 0.460. The molecule has 4 nitrogen and oxygen atoms in total. The Bertz CT molecular complexity index is 1200. The summed E-state index contributed by atoms with van der Waals surface area (Å²) in [6.07, 6.45) is 6.20. The lowest BCUT2D eigenvalue weighted by Crippen LogP contribution is -2.19. The number of halogens is 1. The van der Waals surface area contributed by atoms with Crippen LogP contribution in [-0.4, -0.2) is 19.7 Å². The Hall–Kier alpha value is -2.85. The molecule has 4 aromatic rings. The van der Waals surface area contributed by atoms with E-state index in [1.807, 2.05) is 47.1 Å². The van der Waals surface area contributed by atoms with Gasteiger partial charge in [0.25, 0.3) is 0 Å². The van der Waals surface area contributed by atoms with Gasteiger partial charge in [0.05, 0.1) is 11.9 Å². The maximum absolute atomic E-state index is 10.1. The summed E-state index contributed by atoms with van der Waals surface area (Å²) in [7, 11) is 0. The highest BCUT2D eigenvalue weighted by Crippen LogP contribution is 2.37. The predicted octanol–water partition coefficient (Wildman–Crippen LogP) is 5.94. The van der Waals surface area contributed by atoms with Crippen molar-refractivity contribution >= 4 is 17.2 Å². The minimum Gasteiger partial charge on any atom is -0.508 e. The van der Waals surface area contributed by atoms with E-state index < -0.39 is 0 Å². The second-order valence-corrected chi connectivity index (χ2v) is 8.19. The number of rotatable bonds is 3. The van der Waals surface area contributed by atoms with Gasteiger partial charge in [0, 0.05) is 27.4 Å². The Morgan fingerprint density at radius 1 is 1.14 bits per heavy atom. The predicted molar refractivity (Wildman–Crippen MR) is 116 cm³/mol. The van der Waals surface area contributed by atoms with Crippen molar-refractivity contribution in [2.24, 2.45) is 5.92 Å². The molecule has 0 amide bonds. The number of phenolic OH excluding ortho intramolecular Hbond substituents is 1. The van der Waals surface area contributed by atoms with Crippen molar-refractivity contribution in [2.45, 2.75) is 32.6 Å². The van der Waals surface area contributed by atoms with Crippen LogP contribution in [0.25, 0.3) is 28.0 Å². The molecule has 0 fully saturated rings. The first-order chi connectivity index (χ1) is 14.1. The lowest BCUT2D eigenvalue weighted by atomic mass is 9.83. The maximum Gasteiger partial charge on any atom is 0.163 e. The standard InChI is InChI=1S/C24H22ClN3O/c1-2-15-6-11-22-20(12-15)23(17-4-3-5-19(29)13-17)27-24-21(14-26-28(22)24)16-7-9-18(25)10-8-16/h3-5,7-10,13-15,29H,2,6,11-12H2,1H3/t15-/m1/s1. The first-order valence-electron chi connectivity index (χ1n) is 10.1. The van der Waals surface area contributed by atoms with E-state index in [1.165, 1.54) is 11.3 Å². The largest absolute Gasteiger partial charge is 0.508 e. The molecule has 0 radical (unpaired) electrons. The third kappa shape index (κ3) is 3.18. The van der Waals surface area contributed by atoms with Crippen molar-refractivity contribution in [3.63, 3.8) is 0 Å². The zero-order valence-corrected chi connectivity index (χ0v) is 17.0. The normalized spacial score (nSPS) is 16.1. The van der Waals surface area contributed by atoms with Gasteiger partial charge in [-0.05, 0) is 55.0 Å². The highest BCUT2D eigenvalue weighted by molar-refractivity contribution is 6.30. The van der Waals surface area contributed by atoms with E-state index in [-0.39, 0.29) is 5.75 Å². The number of benzene rings is 2. The number of hydrogen-bond acceptors (Lipinski definition) is 3. The molecule has 1 atom stereocenters. The molecule has 2 aromatic carbocycles. The van der Waals surface area contributed by atoms with Crippen LogP contribution in [-0.2, 0) is 12.8 Å². The van der Waals surface area contributed by atoms with Crippen LogP contribution in [0.4, 0.5) is 0 Å². The fraction of sp³-hybridized carbons (Fsp3) is 0.250. The number of aromatic nitrogens is 3. The van der Waals surface area contributed by atoms with Gasteiger partial charge in [-0.3, -0.25) is 0 Å². The fourth-order valence-corrected chi connectivity index (χ4v) is 4.49. The molecule has 2 heterocycles. The smallest absolute Gasteiger partial charge is 0.163 e. The Morgan fingerprint density at radius 3 is 2.72 bits per heavy atom. The van der Waals surface area contributed by atoms with E-state index in [0.717, 1.165) is 53.7 Å². The molecule has 0 unspecified atom stereocenters. The molecule has 29 heavy (non-hydrogen) atoms. The Labute approximate surface area is 174 Å². The number of fused-ring (bicyclic) bond motifs is 3. The third-order valence-corrected chi connectivity index (χ3v) is 6.24. The summed E-state index contributed by atoms with van der Waals surface area (Å²) in [4.78, 5) is 5.08. The van der Waals surface area contributed by atoms with Gasteiger partial charge < -0.3 is 5.11 Å². The SMILES string of the molecule is CC[C@@H]1CCc2c(c(-c3cccc(O)c3)nc3c(-c4ccc(Cl)cc4)cnn23)C1. The van der Waals surface area contributed by atoms with E-state index in [0.29, 0.717) is 10.9 Å². The lowest BCUT2D eigenvalue weighted by Gasteiger charge is -2.26. The molecule has 0 aliphatic heterocycles. The van der Waals surface area contributed by atoms with E-state index in [2.05, 4.69) is 6.92 Å². The molecule has 0 spiro atoms. The van der Waals surface area contributed by atoms with Gasteiger partial charge in [0.2, 0.25) is 0 Å². The van der Waals surface area contributed by atoms with Gasteiger partial charge in [0.15, 0.2) is 5.65 Å². The number of hydrogen-bond donors (Lipinski definition) is 1. The molecule has 5 heteroatoms. The minimum atomic E-state index is 0.257. The fourth-order valence-electron chi connectivity index (χ4n) is 4.36. The number of phenols is 1. The average Bonchev–Trinajstić information content (AvgIpc) is 3.17. The molecule has 1 N–H and O–H groups in total. The van der Waals surface area contributed by atoms with Crippen LogP contribution in [0, 0.1) is 5.92 Å². The second kappa shape index (κ2) is 7.20. The van der Waals surface area contributed by atoms with Crippen molar-refractivity contribution in [1.29, 1.82) is 0 Å². The van der Waals surface area contributed by atoms with Crippen molar-refractivity contribution in [2.75, 3.05) is 0 Å². The maximum atomic E-state index is 10.1. The lowest BCUT2D eigenvalue weighted by molar-refractivity contribution is 0.435. The van der Waals surface area contributed by atoms with E-state index in [4.69, 9.17) is 21.7 Å². The van der Waals surface area contributed by atoms with E-state index in [1.54, 1.807) is 12.1 Å². The molecule has 2 aromatic heterocycles. The van der Waals surface area contributed by atoms with Gasteiger partial charge >= 0.3 is 0 Å². The topological polar surface area (TPSA) is 50.4 Å². The van der Waals surface area contributed by atoms with Gasteiger partial charge in [-0.25, -0.2) is 9.50 Å². The Balaban J connectivity index is 1.77. The third-order valence-electron chi connectivity index (χ3n) is 5.99. The summed E-state index contributed by atoms with van der Waals surface area (Å²) < 4.78 is 2.01. The van der Waals surface area contributed by atoms with Crippen LogP contribution in [0.1, 0.15) is 31.0 Å². The molecule has 1 aliphatic rings. The zero-order valence-electron chi connectivity index (χ0n) is 16.3. The summed E-state index contributed by atoms with van der Waals surface area (Å²) in [5.41, 5.74) is 7.27. The van der Waals surface area contributed by atoms with Crippen LogP contribution in [0.2, 0.25) is 5.02 Å². The first kappa shape index (κ1) is 18.2. The molecule has 0 saturated carbocycles. The summed E-state index contributed by atoms with van der Waals surface area (Å²) in [5, 5.41) is 15.5. The molecule has 0 bridgehead atoms. The second-order valence-electron chi connectivity index (χ2n) is 7.75. The van der Waals surface area contributed by atoms with Gasteiger partial charge in [-0.15, -0.1) is 0 Å². The Kier molecular flexibility index (Phi) is 4.51. The van der Waals surface area contributed by atoms with Crippen LogP contribution in [0.15, 0.2) is 54.7 Å². The molecular weight excluding hydrogens is 382 g/mol. The number of nitrogens with zero attached hydrogens (tertiary/aromatic N) is 3. The van der Waals surface area contributed by atoms with Crippen molar-refractivity contribution in [1.82, 2.24) is 14.6 Å². The highest BCUT2D eigenvalue weighted by atomic mass is 35.5. The zero-order chi connectivity index (χ0) is 20.0. The highest BCUT2D eigenvalue weighted by Gasteiger charge is 2.26. The van der Waals surface area contributed by atoms with E-state index in [9.17, 15) is 5.11 Å². The average molecular weight is 404 g/mol. The number of aromatic hydroxyl groups is 1. The van der Waals surface area contributed by atoms with Gasteiger partial charge in [-0.1, -0.05) is 49.2 Å². The summed E-state index contributed by atoms with van der Waals surface area (Å²) in [5.74, 6) is 0.913. The first-order valence-corrected chi connectivity index (χ1v) is 10.5. The molecular formula is C24H22ClN3O. The summed E-state index contributed by atoms with van der Waals surface area (Å²) in [6, 6.07) is 15.2. The summed E-state index contributed by atoms with van der Waals surface area (Å²) in [6.45, 7) is 2.25. The van der Waals surface area contributed by atoms with Crippen molar-refractivity contribution < 1.29 is 5.11 Å². The number of aryl methyl sites for hydroxylation is 1. The van der Waals surface area contributed by atoms with Crippen molar-refractivity contribution in [3.05, 3.63) is 71.0 Å². The van der Waals surface area contributed by atoms with Crippen LogP contribution in [0.3, 0.4) is 0 Å². The van der Waals surface area contributed by atoms with Crippen LogP contribution in [0.5, 0.6) is 5.75 Å². The van der Waals surface area contributed by atoms with Crippen LogP contribution >= 0.6 is 11.6 Å². The van der Waals surface area contributed by atoms with Crippen molar-refractivity contribution in [3.8, 4) is 28.1 Å². The summed E-state index contributed by atoms with van der Waals surface area (Å²) >= 11 is 6.07. The minimum absolute atomic E-state index is 0.257. The van der Waals surface area contributed by atoms with E-state index >= 15 is 0 Å². The molecule has 146 valence electrons. The monoisotopic (exact) mass is 403 g/mol. The molecule has 5 rings (SSSR count). The van der Waals surface area contributed by atoms with Gasteiger partial charge in [-0.2, -0.15) is 5.10 Å². The Morgan fingerprint density at radius 2 is 1.97 bits per heavy atom. The van der Waals surface area contributed by atoms with Crippen LogP contribution < -0.4 is 0 Å². The molecule has 0 saturated heterocycles. The van der Waals surface area contributed by atoms with Gasteiger partial charge in [0.1, 0.15) is 5.75 Å².